The predicted octanol–water partition coefficient (Wildman–Crippen LogP) is 2.94. The van der Waals surface area contributed by atoms with E-state index in [0.717, 1.165) is 5.69 Å². The molecule has 0 unspecified atom stereocenters. The maximum absolute atomic E-state index is 12.2. The van der Waals surface area contributed by atoms with Gasteiger partial charge in [0.1, 0.15) is 5.69 Å². The molecule has 1 heterocycles. The molecule has 1 aromatic heterocycles. The van der Waals surface area contributed by atoms with Crippen LogP contribution in [0.1, 0.15) is 34.7 Å². The summed E-state index contributed by atoms with van der Waals surface area (Å²) in [4.78, 5) is 27.8. The van der Waals surface area contributed by atoms with E-state index in [4.69, 9.17) is 0 Å². The number of ether oxygens (including phenoxy) is 1. The monoisotopic (exact) mass is 313 g/mol. The molecule has 0 spiro atoms. The van der Waals surface area contributed by atoms with Gasteiger partial charge in [-0.2, -0.15) is 0 Å². The molecule has 0 fully saturated rings. The number of hydrogen-bond donors (Lipinski definition) is 2. The van der Waals surface area contributed by atoms with Gasteiger partial charge in [-0.25, -0.2) is 9.78 Å². The van der Waals surface area contributed by atoms with E-state index in [-0.39, 0.29) is 11.9 Å². The fourth-order valence-electron chi connectivity index (χ4n) is 1.98. The third-order valence-electron chi connectivity index (χ3n) is 2.99. The average Bonchev–Trinajstić information content (AvgIpc) is 2.54. The van der Waals surface area contributed by atoms with E-state index < -0.39 is 5.97 Å². The molecule has 120 valence electrons. The van der Waals surface area contributed by atoms with Crippen LogP contribution in [0.25, 0.3) is 0 Å². The van der Waals surface area contributed by atoms with Gasteiger partial charge in [-0.1, -0.05) is 6.07 Å². The van der Waals surface area contributed by atoms with Gasteiger partial charge >= 0.3 is 5.97 Å². The molecule has 0 saturated carbocycles. The van der Waals surface area contributed by atoms with E-state index >= 15 is 0 Å². The lowest BCUT2D eigenvalue weighted by atomic mass is 10.2. The number of amides is 1. The summed E-state index contributed by atoms with van der Waals surface area (Å²) in [6, 6.07) is 10.3. The topological polar surface area (TPSA) is 80.3 Å². The Kier molecular flexibility index (Phi) is 5.30. The lowest BCUT2D eigenvalue weighted by Gasteiger charge is -2.10. The van der Waals surface area contributed by atoms with Gasteiger partial charge in [0.05, 0.1) is 24.6 Å². The van der Waals surface area contributed by atoms with Crippen molar-refractivity contribution in [3.63, 3.8) is 0 Å². The highest BCUT2D eigenvalue weighted by Gasteiger charge is 2.10. The van der Waals surface area contributed by atoms with E-state index in [2.05, 4.69) is 20.4 Å². The summed E-state index contributed by atoms with van der Waals surface area (Å²) in [5, 5.41) is 5.91. The number of nitrogens with zero attached hydrogens (tertiary/aromatic N) is 1. The van der Waals surface area contributed by atoms with Crippen LogP contribution in [0.15, 0.2) is 42.6 Å². The highest BCUT2D eigenvalue weighted by Crippen LogP contribution is 2.14. The van der Waals surface area contributed by atoms with Crippen LogP contribution in [0.2, 0.25) is 0 Å². The maximum atomic E-state index is 12.2. The van der Waals surface area contributed by atoms with Crippen molar-refractivity contribution in [2.45, 2.75) is 19.9 Å². The molecule has 1 aromatic carbocycles. The van der Waals surface area contributed by atoms with Crippen LogP contribution in [0.4, 0.5) is 11.4 Å². The van der Waals surface area contributed by atoms with E-state index in [1.54, 1.807) is 42.6 Å². The highest BCUT2D eigenvalue weighted by molar-refractivity contribution is 6.03. The van der Waals surface area contributed by atoms with Crippen molar-refractivity contribution in [3.8, 4) is 0 Å². The van der Waals surface area contributed by atoms with Gasteiger partial charge in [0, 0.05) is 11.7 Å². The number of anilines is 2. The normalized spacial score (nSPS) is 10.3. The molecule has 0 aliphatic rings. The molecule has 2 aromatic rings. The Morgan fingerprint density at radius 1 is 1.13 bits per heavy atom. The van der Waals surface area contributed by atoms with Crippen LogP contribution in [-0.2, 0) is 4.74 Å². The average molecular weight is 313 g/mol. The van der Waals surface area contributed by atoms with Crippen molar-refractivity contribution in [1.29, 1.82) is 0 Å². The Bertz CT molecular complexity index is 696. The summed E-state index contributed by atoms with van der Waals surface area (Å²) < 4.78 is 4.65. The molecule has 0 saturated heterocycles. The zero-order valence-corrected chi connectivity index (χ0v) is 13.3. The summed E-state index contributed by atoms with van der Waals surface area (Å²) in [5.41, 5.74) is 2.02. The number of aromatic nitrogens is 1. The van der Waals surface area contributed by atoms with Gasteiger partial charge in [-0.15, -0.1) is 0 Å². The second kappa shape index (κ2) is 7.40. The lowest BCUT2D eigenvalue weighted by molar-refractivity contribution is 0.0600. The number of benzene rings is 1. The molecule has 2 N–H and O–H groups in total. The fraction of sp³-hybridized carbons (Fsp3) is 0.235. The largest absolute Gasteiger partial charge is 0.465 e. The molecule has 0 aliphatic carbocycles. The summed E-state index contributed by atoms with van der Waals surface area (Å²) in [6.07, 6.45) is 1.61. The van der Waals surface area contributed by atoms with Crippen LogP contribution >= 0.6 is 0 Å². The summed E-state index contributed by atoms with van der Waals surface area (Å²) >= 11 is 0. The van der Waals surface area contributed by atoms with Gasteiger partial charge in [0.15, 0.2) is 0 Å². The molecular formula is C17H19N3O3. The van der Waals surface area contributed by atoms with Crippen molar-refractivity contribution in [2.75, 3.05) is 17.7 Å². The number of carbonyl (C=O) groups excluding carboxylic acids is 2. The van der Waals surface area contributed by atoms with Gasteiger partial charge in [0.25, 0.3) is 5.91 Å². The first kappa shape index (κ1) is 16.5. The second-order valence-electron chi connectivity index (χ2n) is 5.26. The number of hydrogen-bond acceptors (Lipinski definition) is 5. The van der Waals surface area contributed by atoms with E-state index in [0.29, 0.717) is 16.9 Å². The number of rotatable bonds is 5. The van der Waals surface area contributed by atoms with Crippen LogP contribution in [-0.4, -0.2) is 30.0 Å². The Morgan fingerprint density at radius 2 is 1.91 bits per heavy atom. The molecule has 1 amide bonds. The third-order valence-corrected chi connectivity index (χ3v) is 2.99. The molecule has 0 atom stereocenters. The Labute approximate surface area is 134 Å². The quantitative estimate of drug-likeness (QED) is 0.830. The number of nitrogens with one attached hydrogen (secondary N) is 2. The van der Waals surface area contributed by atoms with Crippen LogP contribution < -0.4 is 10.6 Å². The van der Waals surface area contributed by atoms with Crippen molar-refractivity contribution in [1.82, 2.24) is 4.98 Å². The molecule has 0 radical (unpaired) electrons. The summed E-state index contributed by atoms with van der Waals surface area (Å²) in [5.74, 6) is -0.800. The number of pyridine rings is 1. The minimum absolute atomic E-state index is 0.289. The van der Waals surface area contributed by atoms with Crippen molar-refractivity contribution in [2.24, 2.45) is 0 Å². The first-order valence-electron chi connectivity index (χ1n) is 7.22. The Morgan fingerprint density at radius 3 is 2.52 bits per heavy atom. The van der Waals surface area contributed by atoms with Crippen LogP contribution in [0.5, 0.6) is 0 Å². The molecule has 23 heavy (non-hydrogen) atoms. The lowest BCUT2D eigenvalue weighted by Crippen LogP contribution is -2.15. The van der Waals surface area contributed by atoms with E-state index in [1.165, 1.54) is 7.11 Å². The van der Waals surface area contributed by atoms with Crippen molar-refractivity contribution >= 4 is 23.3 Å². The molecule has 2 rings (SSSR count). The minimum atomic E-state index is -0.455. The van der Waals surface area contributed by atoms with Gasteiger partial charge < -0.3 is 15.4 Å². The van der Waals surface area contributed by atoms with Gasteiger partial charge in [0.2, 0.25) is 0 Å². The first-order chi connectivity index (χ1) is 11.0. The maximum Gasteiger partial charge on any atom is 0.337 e. The van der Waals surface area contributed by atoms with E-state index in [1.807, 2.05) is 13.8 Å². The molecule has 0 bridgehead atoms. The SMILES string of the molecule is COC(=O)c1cccc(NC(=O)c2ccc(NC(C)C)cn2)c1. The van der Waals surface area contributed by atoms with E-state index in [9.17, 15) is 9.59 Å². The van der Waals surface area contributed by atoms with Gasteiger partial charge in [-0.3, -0.25) is 4.79 Å². The molecular weight excluding hydrogens is 294 g/mol. The fourth-order valence-corrected chi connectivity index (χ4v) is 1.98. The summed E-state index contributed by atoms with van der Waals surface area (Å²) in [7, 11) is 1.31. The van der Waals surface area contributed by atoms with Gasteiger partial charge in [-0.05, 0) is 44.2 Å². The highest BCUT2D eigenvalue weighted by atomic mass is 16.5. The van der Waals surface area contributed by atoms with Crippen LogP contribution in [0.3, 0.4) is 0 Å². The molecule has 6 heteroatoms. The first-order valence-corrected chi connectivity index (χ1v) is 7.22. The second-order valence-corrected chi connectivity index (χ2v) is 5.26. The van der Waals surface area contributed by atoms with Crippen LogP contribution in [0, 0.1) is 0 Å². The molecule has 6 nitrogen and oxygen atoms in total. The smallest absolute Gasteiger partial charge is 0.337 e. The minimum Gasteiger partial charge on any atom is -0.465 e. The zero-order valence-electron chi connectivity index (χ0n) is 13.3. The predicted molar refractivity (Wildman–Crippen MR) is 88.7 cm³/mol. The third kappa shape index (κ3) is 4.54. The zero-order chi connectivity index (χ0) is 16.8. The Balaban J connectivity index is 2.08. The number of carbonyl (C=O) groups is 2. The van der Waals surface area contributed by atoms with Crippen molar-refractivity contribution in [3.05, 3.63) is 53.9 Å². The molecule has 0 aliphatic heterocycles. The summed E-state index contributed by atoms with van der Waals surface area (Å²) in [6.45, 7) is 4.05. The standard InChI is InChI=1S/C17H19N3O3/c1-11(2)19-14-7-8-15(18-10-14)16(21)20-13-6-4-5-12(9-13)17(22)23-3/h4-11,19H,1-3H3,(H,20,21). The Hall–Kier alpha value is -2.89. The number of methoxy groups -OCH3 is 1. The number of esters is 1. The van der Waals surface area contributed by atoms with Crippen molar-refractivity contribution < 1.29 is 14.3 Å².